The van der Waals surface area contributed by atoms with Crippen molar-refractivity contribution < 1.29 is 19.2 Å². The van der Waals surface area contributed by atoms with Crippen molar-refractivity contribution in [2.24, 2.45) is 0 Å². The van der Waals surface area contributed by atoms with Crippen molar-refractivity contribution >= 4 is 40.0 Å². The van der Waals surface area contributed by atoms with Gasteiger partial charge < -0.3 is 19.9 Å². The Balaban J connectivity index is 1.67. The molecule has 1 fully saturated rings. The number of halogens is 1. The SMILES string of the molecule is O=C(c1cc(B(O)O)ccc1F)N(Cc1nc2ccsc2c(=O)[nH]1)C1CC1. The number of aromatic amines is 1. The highest BCUT2D eigenvalue weighted by molar-refractivity contribution is 7.17. The maximum Gasteiger partial charge on any atom is 0.488 e. The van der Waals surface area contributed by atoms with Crippen LogP contribution < -0.4 is 11.0 Å². The van der Waals surface area contributed by atoms with E-state index in [9.17, 15) is 24.0 Å². The van der Waals surface area contributed by atoms with Crippen molar-refractivity contribution in [2.75, 3.05) is 0 Å². The monoisotopic (exact) mass is 387 g/mol. The number of carbonyl (C=O) groups is 1. The summed E-state index contributed by atoms with van der Waals surface area (Å²) in [6, 6.07) is 5.04. The van der Waals surface area contributed by atoms with Crippen LogP contribution in [0.25, 0.3) is 10.2 Å². The van der Waals surface area contributed by atoms with Gasteiger partial charge in [0.25, 0.3) is 11.5 Å². The van der Waals surface area contributed by atoms with E-state index in [4.69, 9.17) is 0 Å². The zero-order chi connectivity index (χ0) is 19.1. The molecule has 0 saturated heterocycles. The van der Waals surface area contributed by atoms with Crippen molar-refractivity contribution in [2.45, 2.75) is 25.4 Å². The smallest absolute Gasteiger partial charge is 0.423 e. The molecule has 7 nitrogen and oxygen atoms in total. The van der Waals surface area contributed by atoms with Gasteiger partial charge in [0, 0.05) is 6.04 Å². The number of nitrogens with one attached hydrogen (secondary N) is 1. The summed E-state index contributed by atoms with van der Waals surface area (Å²) in [6.45, 7) is 0.0376. The highest BCUT2D eigenvalue weighted by atomic mass is 32.1. The Bertz CT molecular complexity index is 1080. The van der Waals surface area contributed by atoms with E-state index in [0.29, 0.717) is 16.0 Å². The second-order valence-corrected chi connectivity index (χ2v) is 7.34. The van der Waals surface area contributed by atoms with E-state index >= 15 is 0 Å². The molecule has 1 amide bonds. The normalized spacial score (nSPS) is 13.7. The fraction of sp³-hybridized carbons (Fsp3) is 0.235. The number of hydrogen-bond acceptors (Lipinski definition) is 6. The third-order valence-corrected chi connectivity index (χ3v) is 5.35. The van der Waals surface area contributed by atoms with Crippen LogP contribution in [0.3, 0.4) is 0 Å². The standard InChI is InChI=1S/C17H15BFN3O4S/c19-12-4-1-9(18(25)26)7-11(12)17(24)22(10-2-3-10)8-14-20-13-5-6-27-15(13)16(23)21-14/h1,4-7,10,25-26H,2-3,8H2,(H,20,21,23). The van der Waals surface area contributed by atoms with Gasteiger partial charge in [0.2, 0.25) is 0 Å². The lowest BCUT2D eigenvalue weighted by Gasteiger charge is -2.22. The molecule has 0 unspecified atom stereocenters. The van der Waals surface area contributed by atoms with Crippen LogP contribution in [-0.2, 0) is 6.54 Å². The first-order valence-electron chi connectivity index (χ1n) is 8.37. The molecule has 4 rings (SSSR count). The maximum atomic E-state index is 14.2. The van der Waals surface area contributed by atoms with Crippen LogP contribution in [0, 0.1) is 5.82 Å². The molecule has 1 aromatic carbocycles. The second kappa shape index (κ2) is 6.88. The summed E-state index contributed by atoms with van der Waals surface area (Å²) in [5.74, 6) is -1.000. The van der Waals surface area contributed by atoms with Gasteiger partial charge >= 0.3 is 7.12 Å². The Kier molecular flexibility index (Phi) is 4.54. The molecular formula is C17H15BFN3O4S. The summed E-state index contributed by atoms with van der Waals surface area (Å²) in [5, 5.41) is 20.3. The topological polar surface area (TPSA) is 107 Å². The molecule has 0 bridgehead atoms. The van der Waals surface area contributed by atoms with Gasteiger partial charge in [0.15, 0.2) is 0 Å². The summed E-state index contributed by atoms with van der Waals surface area (Å²) < 4.78 is 14.7. The average Bonchev–Trinajstić information content (AvgIpc) is 3.36. The van der Waals surface area contributed by atoms with Crippen molar-refractivity contribution in [3.63, 3.8) is 0 Å². The molecule has 27 heavy (non-hydrogen) atoms. The Hall–Kier alpha value is -2.56. The summed E-state index contributed by atoms with van der Waals surface area (Å²) in [6.07, 6.45) is 1.56. The molecule has 0 radical (unpaired) electrons. The summed E-state index contributed by atoms with van der Waals surface area (Å²) >= 11 is 1.29. The summed E-state index contributed by atoms with van der Waals surface area (Å²) in [5.41, 5.74) is 0.0662. The van der Waals surface area contributed by atoms with Gasteiger partial charge in [-0.1, -0.05) is 6.07 Å². The minimum absolute atomic E-state index is 0.0294. The van der Waals surface area contributed by atoms with Crippen LogP contribution in [0.5, 0.6) is 0 Å². The van der Waals surface area contributed by atoms with Gasteiger partial charge in [-0.15, -0.1) is 11.3 Å². The average molecular weight is 387 g/mol. The molecule has 2 aromatic heterocycles. The van der Waals surface area contributed by atoms with Crippen LogP contribution in [0.2, 0.25) is 0 Å². The molecule has 0 aliphatic heterocycles. The molecule has 1 saturated carbocycles. The van der Waals surface area contributed by atoms with Crippen LogP contribution in [0.4, 0.5) is 4.39 Å². The van der Waals surface area contributed by atoms with E-state index in [1.807, 2.05) is 0 Å². The second-order valence-electron chi connectivity index (χ2n) is 6.42. The lowest BCUT2D eigenvalue weighted by atomic mass is 9.79. The number of H-pyrrole nitrogens is 1. The summed E-state index contributed by atoms with van der Waals surface area (Å²) in [4.78, 5) is 33.6. The van der Waals surface area contributed by atoms with Crippen molar-refractivity contribution in [3.05, 3.63) is 57.2 Å². The van der Waals surface area contributed by atoms with Crippen molar-refractivity contribution in [1.82, 2.24) is 14.9 Å². The minimum Gasteiger partial charge on any atom is -0.423 e. The van der Waals surface area contributed by atoms with Crippen LogP contribution in [-0.4, -0.2) is 44.0 Å². The number of nitrogens with zero attached hydrogens (tertiary/aromatic N) is 2. The third kappa shape index (κ3) is 3.51. The first-order chi connectivity index (χ1) is 12.9. The number of fused-ring (bicyclic) bond motifs is 1. The van der Waals surface area contributed by atoms with Gasteiger partial charge in [-0.05, 0) is 41.9 Å². The molecule has 10 heteroatoms. The van der Waals surface area contributed by atoms with E-state index < -0.39 is 18.8 Å². The number of rotatable bonds is 5. The number of benzene rings is 1. The number of carbonyl (C=O) groups excluding carboxylic acids is 1. The quantitative estimate of drug-likeness (QED) is 0.557. The largest absolute Gasteiger partial charge is 0.488 e. The van der Waals surface area contributed by atoms with Gasteiger partial charge in [-0.3, -0.25) is 9.59 Å². The van der Waals surface area contributed by atoms with E-state index in [1.54, 1.807) is 11.4 Å². The zero-order valence-electron chi connectivity index (χ0n) is 14.1. The first-order valence-corrected chi connectivity index (χ1v) is 9.25. The maximum absolute atomic E-state index is 14.2. The molecule has 2 heterocycles. The van der Waals surface area contributed by atoms with Gasteiger partial charge in [-0.2, -0.15) is 0 Å². The van der Waals surface area contributed by atoms with Gasteiger partial charge in [0.05, 0.1) is 17.6 Å². The first kappa shape index (κ1) is 17.8. The molecule has 1 aliphatic rings. The predicted octanol–water partition coefficient (Wildman–Crippen LogP) is 0.608. The highest BCUT2D eigenvalue weighted by Gasteiger charge is 2.35. The fourth-order valence-corrected chi connectivity index (χ4v) is 3.66. The molecular weight excluding hydrogens is 372 g/mol. The molecule has 0 spiro atoms. The van der Waals surface area contributed by atoms with Crippen LogP contribution >= 0.6 is 11.3 Å². The Morgan fingerprint density at radius 2 is 2.15 bits per heavy atom. The van der Waals surface area contributed by atoms with Crippen LogP contribution in [0.15, 0.2) is 34.4 Å². The minimum atomic E-state index is -1.80. The Morgan fingerprint density at radius 1 is 1.37 bits per heavy atom. The highest BCUT2D eigenvalue weighted by Crippen LogP contribution is 2.30. The van der Waals surface area contributed by atoms with E-state index in [2.05, 4.69) is 9.97 Å². The van der Waals surface area contributed by atoms with E-state index in [1.165, 1.54) is 22.3 Å². The van der Waals surface area contributed by atoms with Crippen molar-refractivity contribution in [1.29, 1.82) is 0 Å². The van der Waals surface area contributed by atoms with Crippen LogP contribution in [0.1, 0.15) is 29.0 Å². The predicted molar refractivity (Wildman–Crippen MR) is 99.4 cm³/mol. The molecule has 3 aromatic rings. The molecule has 138 valence electrons. The molecule has 0 atom stereocenters. The number of hydrogen-bond donors (Lipinski definition) is 3. The van der Waals surface area contributed by atoms with Gasteiger partial charge in [-0.25, -0.2) is 9.37 Å². The van der Waals surface area contributed by atoms with Crippen molar-refractivity contribution in [3.8, 4) is 0 Å². The zero-order valence-corrected chi connectivity index (χ0v) is 14.9. The Labute approximate surface area is 157 Å². The number of aromatic nitrogens is 2. The lowest BCUT2D eigenvalue weighted by molar-refractivity contribution is 0.0720. The third-order valence-electron chi connectivity index (χ3n) is 4.45. The fourth-order valence-electron chi connectivity index (χ4n) is 2.93. The van der Waals surface area contributed by atoms with E-state index in [0.717, 1.165) is 25.0 Å². The van der Waals surface area contributed by atoms with Gasteiger partial charge in [0.1, 0.15) is 16.3 Å². The summed E-state index contributed by atoms with van der Waals surface area (Å²) in [7, 11) is -1.80. The number of thiophene rings is 1. The van der Waals surface area contributed by atoms with E-state index in [-0.39, 0.29) is 29.2 Å². The Morgan fingerprint density at radius 3 is 2.85 bits per heavy atom. The number of amides is 1. The molecule has 3 N–H and O–H groups in total. The lowest BCUT2D eigenvalue weighted by Crippen LogP contribution is -2.36. The molecule has 1 aliphatic carbocycles.